The molecule has 0 heterocycles. The summed E-state index contributed by atoms with van der Waals surface area (Å²) in [5, 5.41) is 13.6. The zero-order valence-corrected chi connectivity index (χ0v) is 11.7. The first-order valence-corrected chi connectivity index (χ1v) is 6.81. The normalized spacial score (nSPS) is 17.4. The number of benzene rings is 1. The molecule has 4 nitrogen and oxygen atoms in total. The highest BCUT2D eigenvalue weighted by molar-refractivity contribution is 5.40. The van der Waals surface area contributed by atoms with Crippen molar-refractivity contribution in [2.24, 2.45) is 0 Å². The van der Waals surface area contributed by atoms with Gasteiger partial charge in [0.15, 0.2) is 0 Å². The van der Waals surface area contributed by atoms with Gasteiger partial charge in [0.2, 0.25) is 0 Å². The number of methoxy groups -OCH3 is 2. The Bertz CT molecular complexity index is 414. The van der Waals surface area contributed by atoms with Gasteiger partial charge < -0.3 is 19.9 Å². The summed E-state index contributed by atoms with van der Waals surface area (Å²) in [6.45, 7) is 1.33. The Labute approximate surface area is 114 Å². The van der Waals surface area contributed by atoms with Crippen molar-refractivity contribution < 1.29 is 14.6 Å². The fourth-order valence-electron chi connectivity index (χ4n) is 2.64. The van der Waals surface area contributed by atoms with Crippen molar-refractivity contribution in [2.45, 2.75) is 37.8 Å². The second kappa shape index (κ2) is 6.26. The molecule has 4 heteroatoms. The molecule has 0 aromatic heterocycles. The van der Waals surface area contributed by atoms with E-state index >= 15 is 0 Å². The van der Waals surface area contributed by atoms with Crippen molar-refractivity contribution >= 4 is 0 Å². The molecule has 2 rings (SSSR count). The van der Waals surface area contributed by atoms with Crippen LogP contribution in [0.4, 0.5) is 0 Å². The predicted molar refractivity (Wildman–Crippen MR) is 74.7 cm³/mol. The van der Waals surface area contributed by atoms with Gasteiger partial charge in [0.1, 0.15) is 11.5 Å². The minimum atomic E-state index is -0.514. The van der Waals surface area contributed by atoms with Gasteiger partial charge in [0.05, 0.1) is 19.8 Å². The van der Waals surface area contributed by atoms with Gasteiger partial charge in [-0.1, -0.05) is 18.9 Å². The summed E-state index contributed by atoms with van der Waals surface area (Å²) in [6, 6.07) is 5.79. The lowest BCUT2D eigenvalue weighted by molar-refractivity contribution is 0.0474. The van der Waals surface area contributed by atoms with Crippen LogP contribution in [0, 0.1) is 0 Å². The molecule has 0 atom stereocenters. The number of nitrogens with one attached hydrogen (secondary N) is 1. The summed E-state index contributed by atoms with van der Waals surface area (Å²) in [4.78, 5) is 0. The standard InChI is InChI=1S/C15H23NO3/c1-18-13-6-5-12(14(9-13)19-2)10-16-11-15(17)7-3-4-8-15/h5-6,9,16-17H,3-4,7-8,10-11H2,1-2H3. The van der Waals surface area contributed by atoms with Crippen LogP contribution in [-0.2, 0) is 6.54 Å². The van der Waals surface area contributed by atoms with Crippen LogP contribution in [0.2, 0.25) is 0 Å². The van der Waals surface area contributed by atoms with E-state index in [9.17, 15) is 5.11 Å². The van der Waals surface area contributed by atoms with Crippen molar-refractivity contribution in [3.63, 3.8) is 0 Å². The molecule has 0 bridgehead atoms. The van der Waals surface area contributed by atoms with E-state index < -0.39 is 5.60 Å². The molecule has 1 aromatic carbocycles. The number of rotatable bonds is 6. The van der Waals surface area contributed by atoms with E-state index in [4.69, 9.17) is 9.47 Å². The average Bonchev–Trinajstić information content (AvgIpc) is 2.86. The SMILES string of the molecule is COc1ccc(CNCC2(O)CCCC2)c(OC)c1. The van der Waals surface area contributed by atoms with E-state index in [0.29, 0.717) is 13.1 Å². The molecule has 1 aliphatic rings. The Hall–Kier alpha value is -1.26. The van der Waals surface area contributed by atoms with Gasteiger partial charge in [-0.15, -0.1) is 0 Å². The number of hydrogen-bond donors (Lipinski definition) is 2. The highest BCUT2D eigenvalue weighted by Crippen LogP contribution is 2.29. The lowest BCUT2D eigenvalue weighted by Gasteiger charge is -2.22. The summed E-state index contributed by atoms with van der Waals surface area (Å²) in [5.74, 6) is 1.60. The van der Waals surface area contributed by atoms with Crippen LogP contribution < -0.4 is 14.8 Å². The Balaban J connectivity index is 1.91. The van der Waals surface area contributed by atoms with Crippen LogP contribution >= 0.6 is 0 Å². The van der Waals surface area contributed by atoms with E-state index in [-0.39, 0.29) is 0 Å². The predicted octanol–water partition coefficient (Wildman–Crippen LogP) is 2.10. The second-order valence-electron chi connectivity index (χ2n) is 5.21. The Morgan fingerprint density at radius 2 is 1.95 bits per heavy atom. The van der Waals surface area contributed by atoms with Crippen molar-refractivity contribution in [2.75, 3.05) is 20.8 Å². The van der Waals surface area contributed by atoms with Crippen LogP contribution in [0.25, 0.3) is 0 Å². The molecule has 1 aromatic rings. The first-order valence-electron chi connectivity index (χ1n) is 6.81. The van der Waals surface area contributed by atoms with E-state index in [1.165, 1.54) is 0 Å². The third kappa shape index (κ3) is 3.61. The van der Waals surface area contributed by atoms with E-state index in [2.05, 4.69) is 5.32 Å². The van der Waals surface area contributed by atoms with Gasteiger partial charge in [-0.05, 0) is 18.9 Å². The summed E-state index contributed by atoms with van der Waals surface area (Å²) >= 11 is 0. The second-order valence-corrected chi connectivity index (χ2v) is 5.21. The lowest BCUT2D eigenvalue weighted by atomic mass is 10.0. The monoisotopic (exact) mass is 265 g/mol. The zero-order valence-electron chi connectivity index (χ0n) is 11.7. The van der Waals surface area contributed by atoms with Crippen molar-refractivity contribution in [3.8, 4) is 11.5 Å². The maximum absolute atomic E-state index is 10.3. The van der Waals surface area contributed by atoms with Gasteiger partial charge in [-0.25, -0.2) is 0 Å². The quantitative estimate of drug-likeness (QED) is 0.827. The first-order chi connectivity index (χ1) is 9.17. The number of hydrogen-bond acceptors (Lipinski definition) is 4. The van der Waals surface area contributed by atoms with E-state index in [1.54, 1.807) is 14.2 Å². The molecule has 0 amide bonds. The molecular formula is C15H23NO3. The summed E-state index contributed by atoms with van der Waals surface area (Å²) in [6.07, 6.45) is 4.06. The number of ether oxygens (including phenoxy) is 2. The topological polar surface area (TPSA) is 50.7 Å². The van der Waals surface area contributed by atoms with E-state index in [0.717, 1.165) is 42.7 Å². The van der Waals surface area contributed by atoms with Crippen LogP contribution in [0.15, 0.2) is 18.2 Å². The van der Waals surface area contributed by atoms with Crippen LogP contribution in [0.3, 0.4) is 0 Å². The molecule has 1 aliphatic carbocycles. The maximum atomic E-state index is 10.3. The fourth-order valence-corrected chi connectivity index (χ4v) is 2.64. The summed E-state index contributed by atoms with van der Waals surface area (Å²) in [5.41, 5.74) is 0.560. The molecule has 0 saturated heterocycles. The van der Waals surface area contributed by atoms with Crippen molar-refractivity contribution in [3.05, 3.63) is 23.8 Å². The van der Waals surface area contributed by atoms with Crippen LogP contribution in [0.1, 0.15) is 31.2 Å². The Morgan fingerprint density at radius 3 is 2.58 bits per heavy atom. The van der Waals surface area contributed by atoms with Crippen LogP contribution in [0.5, 0.6) is 11.5 Å². The largest absolute Gasteiger partial charge is 0.497 e. The molecular weight excluding hydrogens is 242 g/mol. The van der Waals surface area contributed by atoms with Crippen molar-refractivity contribution in [1.29, 1.82) is 0 Å². The fraction of sp³-hybridized carbons (Fsp3) is 0.600. The third-order valence-corrected chi connectivity index (χ3v) is 3.80. The first kappa shape index (κ1) is 14.2. The highest BCUT2D eigenvalue weighted by Gasteiger charge is 2.30. The molecule has 0 aliphatic heterocycles. The van der Waals surface area contributed by atoms with E-state index in [1.807, 2.05) is 18.2 Å². The third-order valence-electron chi connectivity index (χ3n) is 3.80. The molecule has 0 unspecified atom stereocenters. The van der Waals surface area contributed by atoms with Gasteiger partial charge in [-0.3, -0.25) is 0 Å². The van der Waals surface area contributed by atoms with Crippen LogP contribution in [-0.4, -0.2) is 31.5 Å². The van der Waals surface area contributed by atoms with Gasteiger partial charge in [-0.2, -0.15) is 0 Å². The minimum absolute atomic E-state index is 0.514. The summed E-state index contributed by atoms with van der Waals surface area (Å²) in [7, 11) is 3.30. The molecule has 1 saturated carbocycles. The summed E-state index contributed by atoms with van der Waals surface area (Å²) < 4.78 is 10.5. The zero-order chi connectivity index (χ0) is 13.7. The molecule has 0 spiro atoms. The number of aliphatic hydroxyl groups is 1. The van der Waals surface area contributed by atoms with Gasteiger partial charge in [0.25, 0.3) is 0 Å². The molecule has 1 fully saturated rings. The molecule has 106 valence electrons. The average molecular weight is 265 g/mol. The Morgan fingerprint density at radius 1 is 1.21 bits per heavy atom. The highest BCUT2D eigenvalue weighted by atomic mass is 16.5. The smallest absolute Gasteiger partial charge is 0.127 e. The molecule has 19 heavy (non-hydrogen) atoms. The lowest BCUT2D eigenvalue weighted by Crippen LogP contribution is -2.37. The Kier molecular flexibility index (Phi) is 4.66. The van der Waals surface area contributed by atoms with Gasteiger partial charge >= 0.3 is 0 Å². The van der Waals surface area contributed by atoms with Crippen molar-refractivity contribution in [1.82, 2.24) is 5.32 Å². The molecule has 2 N–H and O–H groups in total. The maximum Gasteiger partial charge on any atom is 0.127 e. The minimum Gasteiger partial charge on any atom is -0.497 e. The van der Waals surface area contributed by atoms with Gasteiger partial charge in [0, 0.05) is 24.7 Å². The molecule has 0 radical (unpaired) electrons.